The lowest BCUT2D eigenvalue weighted by atomic mass is 9.97. The summed E-state index contributed by atoms with van der Waals surface area (Å²) >= 11 is 0. The highest BCUT2D eigenvalue weighted by molar-refractivity contribution is 5.84. The molecule has 1 rings (SSSR count). The smallest absolute Gasteiger partial charge is 0.410 e. The molecule has 1 unspecified atom stereocenters. The number of rotatable bonds is 1. The van der Waals surface area contributed by atoms with Gasteiger partial charge in [0.15, 0.2) is 0 Å². The normalized spacial score (nSPS) is 21.6. The molecule has 0 saturated carbocycles. The van der Waals surface area contributed by atoms with E-state index in [-0.39, 0.29) is 19.0 Å². The first-order valence-corrected chi connectivity index (χ1v) is 5.99. The van der Waals surface area contributed by atoms with Gasteiger partial charge in [0.2, 0.25) is 5.91 Å². The van der Waals surface area contributed by atoms with E-state index < -0.39 is 23.3 Å². The fraction of sp³-hybridized carbons (Fsp3) is 0.833. The molecule has 1 aliphatic rings. The van der Waals surface area contributed by atoms with Gasteiger partial charge in [-0.25, -0.2) is 4.79 Å². The molecule has 0 aromatic carbocycles. The molecule has 1 fully saturated rings. The van der Waals surface area contributed by atoms with Crippen LogP contribution in [-0.2, 0) is 9.53 Å². The summed E-state index contributed by atoms with van der Waals surface area (Å²) in [6, 6.07) is -0.494. The first-order valence-electron chi connectivity index (χ1n) is 5.99. The van der Waals surface area contributed by atoms with E-state index in [0.717, 1.165) is 0 Å². The number of aliphatic hydroxyl groups is 1. The first-order chi connectivity index (χ1) is 7.99. The molecule has 0 aromatic rings. The van der Waals surface area contributed by atoms with E-state index in [1.807, 2.05) is 0 Å². The molecule has 1 saturated heterocycles. The third kappa shape index (κ3) is 4.18. The molecule has 6 heteroatoms. The largest absolute Gasteiger partial charge is 0.444 e. The number of hydrogen-bond donors (Lipinski definition) is 2. The number of hydrogen-bond acceptors (Lipinski definition) is 4. The third-order valence-electron chi connectivity index (χ3n) is 2.58. The molecule has 1 atom stereocenters. The Hall–Kier alpha value is -1.30. The van der Waals surface area contributed by atoms with Crippen LogP contribution in [0.3, 0.4) is 0 Å². The van der Waals surface area contributed by atoms with Gasteiger partial charge in [0.1, 0.15) is 12.1 Å². The maximum absolute atomic E-state index is 11.9. The molecule has 0 aromatic heterocycles. The number of carbonyl (C=O) groups excluding carboxylic acids is 2. The van der Waals surface area contributed by atoms with Crippen LogP contribution in [0.15, 0.2) is 0 Å². The van der Waals surface area contributed by atoms with Gasteiger partial charge in [-0.15, -0.1) is 0 Å². The molecule has 104 valence electrons. The van der Waals surface area contributed by atoms with Crippen LogP contribution in [0.5, 0.6) is 0 Å². The Kier molecular flexibility index (Phi) is 3.90. The minimum Gasteiger partial charge on any atom is -0.444 e. The topological polar surface area (TPSA) is 78.9 Å². The summed E-state index contributed by atoms with van der Waals surface area (Å²) < 4.78 is 5.21. The van der Waals surface area contributed by atoms with Crippen LogP contribution in [-0.4, -0.2) is 52.3 Å². The van der Waals surface area contributed by atoms with Crippen LogP contribution < -0.4 is 5.32 Å². The Balaban J connectivity index is 2.72. The van der Waals surface area contributed by atoms with Crippen molar-refractivity contribution < 1.29 is 19.4 Å². The van der Waals surface area contributed by atoms with Crippen LogP contribution >= 0.6 is 0 Å². The van der Waals surface area contributed by atoms with E-state index in [9.17, 15) is 14.7 Å². The van der Waals surface area contributed by atoms with Crippen molar-refractivity contribution >= 4 is 12.0 Å². The van der Waals surface area contributed by atoms with E-state index in [1.165, 1.54) is 4.90 Å². The van der Waals surface area contributed by atoms with Crippen molar-refractivity contribution in [3.8, 4) is 0 Å². The number of nitrogens with one attached hydrogen (secondary N) is 1. The Morgan fingerprint density at radius 1 is 1.39 bits per heavy atom. The molecule has 0 aliphatic carbocycles. The molecule has 0 bridgehead atoms. The van der Waals surface area contributed by atoms with Gasteiger partial charge in [0, 0.05) is 6.54 Å². The van der Waals surface area contributed by atoms with E-state index in [1.54, 1.807) is 34.6 Å². The Labute approximate surface area is 107 Å². The van der Waals surface area contributed by atoms with E-state index in [4.69, 9.17) is 4.74 Å². The molecule has 0 spiro atoms. The van der Waals surface area contributed by atoms with Gasteiger partial charge in [0.25, 0.3) is 0 Å². The minimum atomic E-state index is -1.09. The van der Waals surface area contributed by atoms with Crippen molar-refractivity contribution in [3.05, 3.63) is 0 Å². The summed E-state index contributed by atoms with van der Waals surface area (Å²) in [7, 11) is 0. The van der Waals surface area contributed by atoms with E-state index in [0.29, 0.717) is 0 Å². The summed E-state index contributed by atoms with van der Waals surface area (Å²) in [4.78, 5) is 24.7. The van der Waals surface area contributed by atoms with Gasteiger partial charge in [-0.2, -0.15) is 0 Å². The van der Waals surface area contributed by atoms with E-state index >= 15 is 0 Å². The highest BCUT2D eigenvalue weighted by Crippen LogP contribution is 2.16. The number of amides is 2. The molecule has 1 heterocycles. The number of carbonyl (C=O) groups is 2. The molecule has 1 aliphatic heterocycles. The lowest BCUT2D eigenvalue weighted by Crippen LogP contribution is -2.63. The fourth-order valence-corrected chi connectivity index (χ4v) is 1.61. The summed E-state index contributed by atoms with van der Waals surface area (Å²) in [5.41, 5.74) is -1.69. The van der Waals surface area contributed by atoms with Crippen molar-refractivity contribution in [3.63, 3.8) is 0 Å². The van der Waals surface area contributed by atoms with Crippen molar-refractivity contribution in [1.82, 2.24) is 10.2 Å². The molecule has 2 amide bonds. The molecular weight excluding hydrogens is 236 g/mol. The van der Waals surface area contributed by atoms with Crippen molar-refractivity contribution in [2.24, 2.45) is 0 Å². The molecule has 2 N–H and O–H groups in total. The Morgan fingerprint density at radius 3 is 2.39 bits per heavy atom. The zero-order valence-corrected chi connectivity index (χ0v) is 11.6. The fourth-order valence-electron chi connectivity index (χ4n) is 1.61. The van der Waals surface area contributed by atoms with Crippen LogP contribution in [0.2, 0.25) is 0 Å². The number of piperazine rings is 1. The lowest BCUT2D eigenvalue weighted by Gasteiger charge is -2.39. The summed E-state index contributed by atoms with van der Waals surface area (Å²) in [5, 5.41) is 12.6. The Bertz CT molecular complexity index is 341. The number of ether oxygens (including phenoxy) is 1. The van der Waals surface area contributed by atoms with Crippen LogP contribution in [0.1, 0.15) is 34.6 Å². The highest BCUT2D eigenvalue weighted by Gasteiger charge is 2.37. The first kappa shape index (κ1) is 14.8. The second-order valence-corrected chi connectivity index (χ2v) is 6.13. The number of nitrogens with zero attached hydrogens (tertiary/aromatic N) is 1. The van der Waals surface area contributed by atoms with Gasteiger partial charge < -0.3 is 15.2 Å². The van der Waals surface area contributed by atoms with Gasteiger partial charge >= 0.3 is 6.09 Å². The standard InChI is InChI=1S/C12H22N2O4/c1-11(2,3)18-10(16)14-6-8(12(4,5)17)13-9(15)7-14/h8,17H,6-7H2,1-5H3,(H,13,15). The highest BCUT2D eigenvalue weighted by atomic mass is 16.6. The zero-order chi connectivity index (χ0) is 14.1. The van der Waals surface area contributed by atoms with Crippen molar-refractivity contribution in [2.75, 3.05) is 13.1 Å². The molecular formula is C12H22N2O4. The quantitative estimate of drug-likeness (QED) is 0.717. The average Bonchev–Trinajstić information content (AvgIpc) is 2.12. The van der Waals surface area contributed by atoms with Gasteiger partial charge in [-0.3, -0.25) is 9.69 Å². The predicted molar refractivity (Wildman–Crippen MR) is 66.0 cm³/mol. The van der Waals surface area contributed by atoms with Gasteiger partial charge in [-0.05, 0) is 34.6 Å². The van der Waals surface area contributed by atoms with Crippen molar-refractivity contribution in [1.29, 1.82) is 0 Å². The second-order valence-electron chi connectivity index (χ2n) is 6.13. The lowest BCUT2D eigenvalue weighted by molar-refractivity contribution is -0.129. The Morgan fingerprint density at radius 2 is 1.94 bits per heavy atom. The van der Waals surface area contributed by atoms with Crippen LogP contribution in [0, 0.1) is 0 Å². The molecule has 0 radical (unpaired) electrons. The van der Waals surface area contributed by atoms with E-state index in [2.05, 4.69) is 5.32 Å². The van der Waals surface area contributed by atoms with Crippen LogP contribution in [0.25, 0.3) is 0 Å². The molecule has 6 nitrogen and oxygen atoms in total. The molecule has 18 heavy (non-hydrogen) atoms. The summed E-state index contributed by atoms with van der Waals surface area (Å²) in [6.07, 6.45) is -0.536. The predicted octanol–water partition coefficient (Wildman–Crippen LogP) is 0.493. The monoisotopic (exact) mass is 258 g/mol. The van der Waals surface area contributed by atoms with Gasteiger partial charge in [-0.1, -0.05) is 0 Å². The minimum absolute atomic E-state index is 0.0402. The summed E-state index contributed by atoms with van der Waals surface area (Å²) in [5.74, 6) is -0.292. The zero-order valence-electron chi connectivity index (χ0n) is 11.6. The van der Waals surface area contributed by atoms with Gasteiger partial charge in [0.05, 0.1) is 11.6 Å². The second kappa shape index (κ2) is 4.76. The summed E-state index contributed by atoms with van der Waals surface area (Å²) in [6.45, 7) is 8.69. The maximum Gasteiger partial charge on any atom is 0.410 e. The SMILES string of the molecule is CC(C)(C)OC(=O)N1CC(=O)NC(C(C)(C)O)C1. The van der Waals surface area contributed by atoms with Crippen molar-refractivity contribution in [2.45, 2.75) is 51.9 Å². The van der Waals surface area contributed by atoms with Crippen LogP contribution in [0.4, 0.5) is 4.79 Å². The average molecular weight is 258 g/mol. The third-order valence-corrected chi connectivity index (χ3v) is 2.58. The maximum atomic E-state index is 11.9.